The lowest BCUT2D eigenvalue weighted by atomic mass is 10.1. The van der Waals surface area contributed by atoms with Crippen molar-refractivity contribution in [3.63, 3.8) is 0 Å². The molecule has 1 atom stereocenters. The number of amides is 1. The monoisotopic (exact) mass is 293 g/mol. The van der Waals surface area contributed by atoms with Gasteiger partial charge in [-0.3, -0.25) is 4.79 Å². The van der Waals surface area contributed by atoms with Crippen LogP contribution in [0.4, 0.5) is 0 Å². The summed E-state index contributed by atoms with van der Waals surface area (Å²) in [5.41, 5.74) is 0.551. The van der Waals surface area contributed by atoms with Gasteiger partial charge in [0.15, 0.2) is 0 Å². The first kappa shape index (κ1) is 13.9. The average molecular weight is 294 g/mol. The molecule has 0 spiro atoms. The van der Waals surface area contributed by atoms with Crippen molar-refractivity contribution in [2.45, 2.75) is 50.2 Å². The zero-order chi connectivity index (χ0) is 14.2. The average Bonchev–Trinajstić information content (AvgIpc) is 3.01. The summed E-state index contributed by atoms with van der Waals surface area (Å²) < 4.78 is 0. The van der Waals surface area contributed by atoms with Crippen LogP contribution in [0.3, 0.4) is 0 Å². The number of benzene rings is 1. The number of halogens is 1. The van der Waals surface area contributed by atoms with Crippen molar-refractivity contribution in [3.8, 4) is 0 Å². The molecular weight excluding hydrogens is 274 g/mol. The number of hydrogen-bond donors (Lipinski definition) is 1. The van der Waals surface area contributed by atoms with Crippen LogP contribution in [0.25, 0.3) is 0 Å². The zero-order valence-electron chi connectivity index (χ0n) is 11.5. The van der Waals surface area contributed by atoms with Crippen LogP contribution in [-0.2, 0) is 11.2 Å². The minimum absolute atomic E-state index is 0.0558. The van der Waals surface area contributed by atoms with Gasteiger partial charge in [-0.2, -0.15) is 0 Å². The number of aliphatic hydroxyl groups is 1. The van der Waals surface area contributed by atoms with Gasteiger partial charge in [0.2, 0.25) is 5.91 Å². The van der Waals surface area contributed by atoms with Crippen LogP contribution in [-0.4, -0.2) is 34.1 Å². The first-order chi connectivity index (χ1) is 9.58. The van der Waals surface area contributed by atoms with Crippen LogP contribution < -0.4 is 0 Å². The number of carbonyl (C=O) groups excluding carboxylic acids is 1. The fraction of sp³-hybridized carbons (Fsp3) is 0.562. The second-order valence-electron chi connectivity index (χ2n) is 5.98. The Labute approximate surface area is 124 Å². The third kappa shape index (κ3) is 2.84. The van der Waals surface area contributed by atoms with E-state index in [0.717, 1.165) is 49.2 Å². The molecule has 2 fully saturated rings. The van der Waals surface area contributed by atoms with E-state index in [9.17, 15) is 9.90 Å². The first-order valence-electron chi connectivity index (χ1n) is 7.35. The Kier molecular flexibility index (Phi) is 3.74. The quantitative estimate of drug-likeness (QED) is 0.927. The largest absolute Gasteiger partial charge is 0.388 e. The molecule has 3 rings (SSSR count). The molecule has 1 aliphatic heterocycles. The fourth-order valence-electron chi connectivity index (χ4n) is 3.13. The van der Waals surface area contributed by atoms with Gasteiger partial charge in [-0.05, 0) is 49.8 Å². The maximum Gasteiger partial charge on any atom is 0.223 e. The Balaban J connectivity index is 1.57. The molecule has 1 aromatic carbocycles. The molecule has 0 radical (unpaired) electrons. The highest BCUT2D eigenvalue weighted by Crippen LogP contribution is 2.44. The third-order valence-electron chi connectivity index (χ3n) is 4.50. The Bertz CT molecular complexity index is 496. The third-order valence-corrected chi connectivity index (χ3v) is 4.75. The molecule has 1 heterocycles. The fourth-order valence-corrected chi connectivity index (χ4v) is 3.26. The Morgan fingerprint density at radius 3 is 2.70 bits per heavy atom. The van der Waals surface area contributed by atoms with Gasteiger partial charge in [0.05, 0.1) is 11.6 Å². The molecule has 108 valence electrons. The normalized spacial score (nSPS) is 23.9. The maximum atomic E-state index is 12.4. The minimum atomic E-state index is -0.577. The van der Waals surface area contributed by atoms with E-state index in [1.54, 1.807) is 0 Å². The summed E-state index contributed by atoms with van der Waals surface area (Å²) >= 11 is 5.85. The summed E-state index contributed by atoms with van der Waals surface area (Å²) in [4.78, 5) is 14.3. The zero-order valence-corrected chi connectivity index (χ0v) is 12.3. The number of nitrogens with zero attached hydrogens (tertiary/aromatic N) is 1. The Hall–Kier alpha value is -1.06. The standard InChI is InChI=1S/C16H20ClNO2/c17-13-6-3-12(4-7-13)5-8-15(19)18-11-1-2-14(18)16(20)9-10-16/h3-4,6-7,14,20H,1-2,5,8-11H2. The van der Waals surface area contributed by atoms with Crippen LogP contribution in [0.2, 0.25) is 5.02 Å². The van der Waals surface area contributed by atoms with Crippen molar-refractivity contribution in [2.75, 3.05) is 6.54 Å². The molecule has 1 unspecified atom stereocenters. The van der Waals surface area contributed by atoms with Gasteiger partial charge in [-0.1, -0.05) is 23.7 Å². The van der Waals surface area contributed by atoms with Crippen molar-refractivity contribution < 1.29 is 9.90 Å². The van der Waals surface area contributed by atoms with Crippen molar-refractivity contribution in [1.82, 2.24) is 4.90 Å². The molecule has 0 aromatic heterocycles. The number of aryl methyl sites for hydroxylation is 1. The van der Waals surface area contributed by atoms with Crippen molar-refractivity contribution in [2.24, 2.45) is 0 Å². The lowest BCUT2D eigenvalue weighted by molar-refractivity contribution is -0.134. The molecule has 1 N–H and O–H groups in total. The summed E-state index contributed by atoms with van der Waals surface area (Å²) in [6, 6.07) is 7.69. The smallest absolute Gasteiger partial charge is 0.223 e. The van der Waals surface area contributed by atoms with Gasteiger partial charge in [-0.15, -0.1) is 0 Å². The summed E-state index contributed by atoms with van der Waals surface area (Å²) in [6.07, 6.45) is 4.89. The molecule has 1 amide bonds. The van der Waals surface area contributed by atoms with Gasteiger partial charge in [0, 0.05) is 18.0 Å². The van der Waals surface area contributed by atoms with E-state index >= 15 is 0 Å². The van der Waals surface area contributed by atoms with E-state index in [4.69, 9.17) is 11.6 Å². The lowest BCUT2D eigenvalue weighted by Crippen LogP contribution is -2.44. The first-order valence-corrected chi connectivity index (χ1v) is 7.73. The molecule has 4 heteroatoms. The summed E-state index contributed by atoms with van der Waals surface area (Å²) in [7, 11) is 0. The van der Waals surface area contributed by atoms with E-state index in [0.29, 0.717) is 6.42 Å². The number of likely N-dealkylation sites (tertiary alicyclic amines) is 1. The molecule has 1 saturated heterocycles. The molecule has 1 aliphatic carbocycles. The number of rotatable bonds is 4. The number of hydrogen-bond acceptors (Lipinski definition) is 2. The lowest BCUT2D eigenvalue weighted by Gasteiger charge is -2.28. The Morgan fingerprint density at radius 2 is 2.05 bits per heavy atom. The molecular formula is C16H20ClNO2. The SMILES string of the molecule is O=C(CCc1ccc(Cl)cc1)N1CCCC1C1(O)CC1. The predicted octanol–water partition coefficient (Wildman–Crippen LogP) is 2.79. The molecule has 3 nitrogen and oxygen atoms in total. The van der Waals surface area contributed by atoms with Crippen LogP contribution >= 0.6 is 11.6 Å². The molecule has 20 heavy (non-hydrogen) atoms. The van der Waals surface area contributed by atoms with Gasteiger partial charge >= 0.3 is 0 Å². The van der Waals surface area contributed by atoms with Crippen molar-refractivity contribution in [3.05, 3.63) is 34.9 Å². The van der Waals surface area contributed by atoms with E-state index < -0.39 is 5.60 Å². The molecule has 1 saturated carbocycles. The van der Waals surface area contributed by atoms with Gasteiger partial charge in [0.25, 0.3) is 0 Å². The molecule has 2 aliphatic rings. The topological polar surface area (TPSA) is 40.5 Å². The Morgan fingerprint density at radius 1 is 1.35 bits per heavy atom. The minimum Gasteiger partial charge on any atom is -0.388 e. The van der Waals surface area contributed by atoms with Crippen LogP contribution in [0.5, 0.6) is 0 Å². The highest BCUT2D eigenvalue weighted by atomic mass is 35.5. The van der Waals surface area contributed by atoms with Crippen molar-refractivity contribution in [1.29, 1.82) is 0 Å². The second-order valence-corrected chi connectivity index (χ2v) is 6.41. The van der Waals surface area contributed by atoms with Crippen LogP contribution in [0.15, 0.2) is 24.3 Å². The van der Waals surface area contributed by atoms with E-state index in [1.807, 2.05) is 29.2 Å². The summed E-state index contributed by atoms with van der Waals surface area (Å²) in [5.74, 6) is 0.169. The number of carbonyl (C=O) groups is 1. The van der Waals surface area contributed by atoms with Gasteiger partial charge in [-0.25, -0.2) is 0 Å². The van der Waals surface area contributed by atoms with Crippen molar-refractivity contribution >= 4 is 17.5 Å². The molecule has 1 aromatic rings. The summed E-state index contributed by atoms with van der Waals surface area (Å²) in [5, 5.41) is 11.0. The van der Waals surface area contributed by atoms with Crippen LogP contribution in [0.1, 0.15) is 37.7 Å². The van der Waals surface area contributed by atoms with Crippen LogP contribution in [0, 0.1) is 0 Å². The van der Waals surface area contributed by atoms with E-state index in [2.05, 4.69) is 0 Å². The van der Waals surface area contributed by atoms with Gasteiger partial charge in [0.1, 0.15) is 0 Å². The van der Waals surface area contributed by atoms with E-state index in [-0.39, 0.29) is 11.9 Å². The highest BCUT2D eigenvalue weighted by molar-refractivity contribution is 6.30. The molecule has 0 bridgehead atoms. The van der Waals surface area contributed by atoms with Gasteiger partial charge < -0.3 is 10.0 Å². The highest BCUT2D eigenvalue weighted by Gasteiger charge is 2.52. The second kappa shape index (κ2) is 5.38. The van der Waals surface area contributed by atoms with E-state index in [1.165, 1.54) is 0 Å². The predicted molar refractivity (Wildman–Crippen MR) is 78.7 cm³/mol. The maximum absolute atomic E-state index is 12.4. The summed E-state index contributed by atoms with van der Waals surface area (Å²) in [6.45, 7) is 0.798.